The van der Waals surface area contributed by atoms with Crippen LogP contribution in [0.4, 0.5) is 22.7 Å². The van der Waals surface area contributed by atoms with E-state index >= 15 is 0 Å². The van der Waals surface area contributed by atoms with E-state index in [1.54, 1.807) is 50.6 Å². The standard InChI is InChI=1S/C28H22N2O4/c1-33-23-15-5-3-11-19(23)29-21-13-7-9-17-25(21)28(32)26-18(27(17)31)10-8-14-22(26)30-20-12-4-6-16-24(20)34-2/h3-16,29-30H,1-2H3. The van der Waals surface area contributed by atoms with Gasteiger partial charge in [-0.05, 0) is 36.4 Å². The van der Waals surface area contributed by atoms with Gasteiger partial charge < -0.3 is 20.1 Å². The summed E-state index contributed by atoms with van der Waals surface area (Å²) in [6, 6.07) is 25.3. The van der Waals surface area contributed by atoms with Crippen LogP contribution < -0.4 is 20.1 Å². The summed E-state index contributed by atoms with van der Waals surface area (Å²) in [6.07, 6.45) is 0. The predicted octanol–water partition coefficient (Wildman–Crippen LogP) is 5.97. The monoisotopic (exact) mass is 450 g/mol. The van der Waals surface area contributed by atoms with Crippen LogP contribution in [0.3, 0.4) is 0 Å². The molecule has 0 aromatic heterocycles. The molecule has 0 saturated carbocycles. The number of hydrogen-bond acceptors (Lipinski definition) is 6. The summed E-state index contributed by atoms with van der Waals surface area (Å²) in [5.74, 6) is 0.833. The van der Waals surface area contributed by atoms with Crippen molar-refractivity contribution in [2.75, 3.05) is 24.9 Å². The summed E-state index contributed by atoms with van der Waals surface area (Å²) < 4.78 is 10.9. The first kappa shape index (κ1) is 21.3. The zero-order valence-corrected chi connectivity index (χ0v) is 18.7. The highest BCUT2D eigenvalue weighted by atomic mass is 16.5. The molecule has 0 aliphatic heterocycles. The van der Waals surface area contributed by atoms with E-state index in [9.17, 15) is 9.59 Å². The first-order valence-corrected chi connectivity index (χ1v) is 10.8. The molecule has 1 aliphatic rings. The first-order chi connectivity index (χ1) is 16.6. The molecule has 0 bridgehead atoms. The Hall–Kier alpha value is -4.58. The Bertz CT molecular complexity index is 1320. The molecule has 0 radical (unpaired) electrons. The summed E-state index contributed by atoms with van der Waals surface area (Å²) in [7, 11) is 3.17. The van der Waals surface area contributed by atoms with Gasteiger partial charge in [0, 0.05) is 11.1 Å². The second-order valence-electron chi connectivity index (χ2n) is 7.77. The van der Waals surface area contributed by atoms with Crippen LogP contribution in [0, 0.1) is 0 Å². The minimum atomic E-state index is -0.236. The fourth-order valence-corrected chi connectivity index (χ4v) is 4.24. The van der Waals surface area contributed by atoms with Gasteiger partial charge >= 0.3 is 0 Å². The Balaban J connectivity index is 1.61. The number of ether oxygens (including phenoxy) is 2. The Morgan fingerprint density at radius 2 is 0.912 bits per heavy atom. The minimum absolute atomic E-state index is 0.197. The fraction of sp³-hybridized carbons (Fsp3) is 0.0714. The molecular formula is C28H22N2O4. The van der Waals surface area contributed by atoms with E-state index in [-0.39, 0.29) is 11.6 Å². The topological polar surface area (TPSA) is 76.7 Å². The van der Waals surface area contributed by atoms with Gasteiger partial charge in [-0.25, -0.2) is 0 Å². The van der Waals surface area contributed by atoms with Crippen LogP contribution in [-0.2, 0) is 0 Å². The molecule has 0 spiro atoms. The number of hydrogen-bond donors (Lipinski definition) is 2. The van der Waals surface area contributed by atoms with Crippen molar-refractivity contribution in [3.05, 3.63) is 107 Å². The van der Waals surface area contributed by atoms with E-state index in [2.05, 4.69) is 10.6 Å². The van der Waals surface area contributed by atoms with Crippen molar-refractivity contribution in [1.29, 1.82) is 0 Å². The van der Waals surface area contributed by atoms with E-state index < -0.39 is 0 Å². The Kier molecular flexibility index (Phi) is 5.47. The van der Waals surface area contributed by atoms with Crippen LogP contribution in [0.25, 0.3) is 0 Å². The van der Waals surface area contributed by atoms with Crippen molar-refractivity contribution in [2.45, 2.75) is 0 Å². The quantitative estimate of drug-likeness (QED) is 0.332. The van der Waals surface area contributed by atoms with Gasteiger partial charge in [0.2, 0.25) is 0 Å². The van der Waals surface area contributed by atoms with Crippen LogP contribution >= 0.6 is 0 Å². The number of nitrogens with one attached hydrogen (secondary N) is 2. The number of para-hydroxylation sites is 4. The smallest absolute Gasteiger partial charge is 0.198 e. The van der Waals surface area contributed by atoms with Crippen LogP contribution in [0.5, 0.6) is 11.5 Å². The van der Waals surface area contributed by atoms with Gasteiger partial charge in [0.1, 0.15) is 11.5 Å². The molecular weight excluding hydrogens is 428 g/mol. The highest BCUT2D eigenvalue weighted by molar-refractivity contribution is 6.32. The van der Waals surface area contributed by atoms with Crippen molar-refractivity contribution >= 4 is 34.3 Å². The van der Waals surface area contributed by atoms with E-state index in [1.807, 2.05) is 48.5 Å². The van der Waals surface area contributed by atoms with Crippen molar-refractivity contribution in [3.63, 3.8) is 0 Å². The van der Waals surface area contributed by atoms with Gasteiger partial charge in [0.25, 0.3) is 0 Å². The third-order valence-corrected chi connectivity index (χ3v) is 5.82. The number of benzene rings is 4. The average Bonchev–Trinajstić information content (AvgIpc) is 2.87. The van der Waals surface area contributed by atoms with Gasteiger partial charge in [-0.2, -0.15) is 0 Å². The molecule has 0 amide bonds. The first-order valence-electron chi connectivity index (χ1n) is 10.8. The normalized spacial score (nSPS) is 11.9. The average molecular weight is 450 g/mol. The molecule has 6 nitrogen and oxygen atoms in total. The van der Waals surface area contributed by atoms with Crippen molar-refractivity contribution in [1.82, 2.24) is 0 Å². The summed E-state index contributed by atoms with van der Waals surface area (Å²) >= 11 is 0. The van der Waals surface area contributed by atoms with Crippen molar-refractivity contribution in [3.8, 4) is 11.5 Å². The molecule has 4 aromatic carbocycles. The number of carbonyl (C=O) groups excluding carboxylic acids is 2. The van der Waals surface area contributed by atoms with Crippen LogP contribution in [0.1, 0.15) is 31.8 Å². The lowest BCUT2D eigenvalue weighted by Crippen LogP contribution is -2.23. The molecule has 0 saturated heterocycles. The van der Waals surface area contributed by atoms with Crippen LogP contribution in [-0.4, -0.2) is 25.8 Å². The fourth-order valence-electron chi connectivity index (χ4n) is 4.24. The van der Waals surface area contributed by atoms with Crippen molar-refractivity contribution in [2.24, 2.45) is 0 Å². The van der Waals surface area contributed by atoms with Gasteiger partial charge in [0.15, 0.2) is 11.6 Å². The zero-order valence-electron chi connectivity index (χ0n) is 18.7. The lowest BCUT2D eigenvalue weighted by atomic mass is 9.82. The largest absolute Gasteiger partial charge is 0.495 e. The Morgan fingerprint density at radius 1 is 0.500 bits per heavy atom. The number of ketones is 2. The molecule has 6 heteroatoms. The minimum Gasteiger partial charge on any atom is -0.495 e. The second kappa shape index (κ2) is 8.75. The van der Waals surface area contributed by atoms with E-state index in [1.165, 1.54) is 0 Å². The van der Waals surface area contributed by atoms with Gasteiger partial charge in [0.05, 0.1) is 48.1 Å². The third-order valence-electron chi connectivity index (χ3n) is 5.82. The molecule has 0 unspecified atom stereocenters. The van der Waals surface area contributed by atoms with Gasteiger partial charge in [-0.3, -0.25) is 9.59 Å². The molecule has 1 aliphatic carbocycles. The molecule has 2 N–H and O–H groups in total. The summed E-state index contributed by atoms with van der Waals surface area (Å²) in [6.45, 7) is 0. The number of rotatable bonds is 6. The summed E-state index contributed by atoms with van der Waals surface area (Å²) in [5, 5.41) is 6.56. The zero-order chi connectivity index (χ0) is 23.7. The number of anilines is 4. The SMILES string of the molecule is COc1ccccc1Nc1cccc2c1C(=O)c1c(Nc3ccccc3OC)cccc1C2=O. The van der Waals surface area contributed by atoms with E-state index in [0.29, 0.717) is 56.5 Å². The number of carbonyl (C=O) groups is 2. The molecule has 5 rings (SSSR count). The molecule has 4 aromatic rings. The summed E-state index contributed by atoms with van der Waals surface area (Å²) in [4.78, 5) is 27.3. The maximum absolute atomic E-state index is 13.9. The van der Waals surface area contributed by atoms with Crippen LogP contribution in [0.15, 0.2) is 84.9 Å². The number of fused-ring (bicyclic) bond motifs is 2. The van der Waals surface area contributed by atoms with E-state index in [4.69, 9.17) is 9.47 Å². The molecule has 0 atom stereocenters. The number of methoxy groups -OCH3 is 2. The van der Waals surface area contributed by atoms with Crippen LogP contribution in [0.2, 0.25) is 0 Å². The maximum atomic E-state index is 13.9. The highest BCUT2D eigenvalue weighted by Gasteiger charge is 2.34. The highest BCUT2D eigenvalue weighted by Crippen LogP contribution is 2.39. The molecule has 34 heavy (non-hydrogen) atoms. The summed E-state index contributed by atoms with van der Waals surface area (Å²) in [5.41, 5.74) is 3.88. The van der Waals surface area contributed by atoms with Crippen molar-refractivity contribution < 1.29 is 19.1 Å². The van der Waals surface area contributed by atoms with E-state index in [0.717, 1.165) is 0 Å². The Labute approximate surface area is 197 Å². The molecule has 0 fully saturated rings. The third kappa shape index (κ3) is 3.55. The predicted molar refractivity (Wildman–Crippen MR) is 132 cm³/mol. The lowest BCUT2D eigenvalue weighted by Gasteiger charge is -2.24. The maximum Gasteiger partial charge on any atom is 0.198 e. The lowest BCUT2D eigenvalue weighted by molar-refractivity contribution is 0.0980. The Morgan fingerprint density at radius 3 is 1.35 bits per heavy atom. The van der Waals surface area contributed by atoms with Gasteiger partial charge in [-0.1, -0.05) is 48.5 Å². The molecule has 0 heterocycles. The van der Waals surface area contributed by atoms with Gasteiger partial charge in [-0.15, -0.1) is 0 Å². The second-order valence-corrected chi connectivity index (χ2v) is 7.77. The molecule has 168 valence electrons.